The predicted molar refractivity (Wildman–Crippen MR) is 112 cm³/mol. The summed E-state index contributed by atoms with van der Waals surface area (Å²) in [6.07, 6.45) is 2.83. The molecule has 174 valence electrons. The van der Waals surface area contributed by atoms with Gasteiger partial charge in [0.1, 0.15) is 5.69 Å². The van der Waals surface area contributed by atoms with Gasteiger partial charge in [0, 0.05) is 42.6 Å². The summed E-state index contributed by atoms with van der Waals surface area (Å²) in [6, 6.07) is 2.78. The number of rotatable bonds is 4. The maximum absolute atomic E-state index is 14.4. The zero-order valence-corrected chi connectivity index (χ0v) is 17.8. The van der Waals surface area contributed by atoms with Gasteiger partial charge < -0.3 is 10.7 Å². The maximum Gasteiger partial charge on any atom is 0.268 e. The first-order chi connectivity index (χ1) is 15.0. The summed E-state index contributed by atoms with van der Waals surface area (Å²) in [7, 11) is 0. The number of halogens is 4. The molecule has 0 unspecified atom stereocenters. The van der Waals surface area contributed by atoms with E-state index in [2.05, 4.69) is 9.97 Å². The topological polar surface area (TPSA) is 88.8 Å². The lowest BCUT2D eigenvalue weighted by Crippen LogP contribution is -2.38. The molecule has 2 saturated carbocycles. The summed E-state index contributed by atoms with van der Waals surface area (Å²) in [5.74, 6) is -7.82. The van der Waals surface area contributed by atoms with Gasteiger partial charge in [0.2, 0.25) is 11.8 Å². The molecule has 2 fully saturated rings. The molecule has 0 spiro atoms. The second-order valence-corrected chi connectivity index (χ2v) is 9.47. The Bertz CT molecular complexity index is 1070. The second-order valence-electron chi connectivity index (χ2n) is 9.47. The van der Waals surface area contributed by atoms with E-state index in [4.69, 9.17) is 5.73 Å². The van der Waals surface area contributed by atoms with Gasteiger partial charge in [-0.15, -0.1) is 0 Å². The van der Waals surface area contributed by atoms with Gasteiger partial charge in [-0.1, -0.05) is 0 Å². The van der Waals surface area contributed by atoms with Gasteiger partial charge in [0.15, 0.2) is 5.43 Å². The monoisotopic (exact) mass is 453 g/mol. The minimum Gasteiger partial charge on any atom is -0.364 e. The third kappa shape index (κ3) is 4.38. The van der Waals surface area contributed by atoms with Crippen molar-refractivity contribution in [2.24, 2.45) is 23.5 Å². The van der Waals surface area contributed by atoms with Crippen molar-refractivity contribution in [3.63, 3.8) is 0 Å². The van der Waals surface area contributed by atoms with Crippen molar-refractivity contribution in [2.75, 3.05) is 0 Å². The number of aromatic amines is 1. The largest absolute Gasteiger partial charge is 0.364 e. The number of pyridine rings is 2. The van der Waals surface area contributed by atoms with Crippen molar-refractivity contribution in [3.05, 3.63) is 39.9 Å². The fourth-order valence-corrected chi connectivity index (χ4v) is 5.72. The zero-order valence-electron chi connectivity index (χ0n) is 17.8. The van der Waals surface area contributed by atoms with Gasteiger partial charge in [-0.05, 0) is 56.9 Å². The Kier molecular flexibility index (Phi) is 5.79. The minimum atomic E-state index is -2.86. The molecule has 0 saturated heterocycles. The van der Waals surface area contributed by atoms with Gasteiger partial charge in [-0.25, -0.2) is 17.6 Å². The number of carbonyl (C=O) groups is 1. The fourth-order valence-electron chi connectivity index (χ4n) is 5.72. The number of hydrogen-bond donors (Lipinski definition) is 2. The average Bonchev–Trinajstić information content (AvgIpc) is 2.72. The van der Waals surface area contributed by atoms with Crippen LogP contribution in [0.2, 0.25) is 0 Å². The molecule has 0 aromatic carbocycles. The third-order valence-electron chi connectivity index (χ3n) is 7.37. The highest BCUT2D eigenvalue weighted by Crippen LogP contribution is 2.51. The van der Waals surface area contributed by atoms with Gasteiger partial charge in [0.25, 0.3) is 5.91 Å². The lowest BCUT2D eigenvalue weighted by molar-refractivity contribution is -0.0794. The minimum absolute atomic E-state index is 0.0357. The smallest absolute Gasteiger partial charge is 0.268 e. The number of nitrogens with two attached hydrogens (primary N) is 1. The Morgan fingerprint density at radius 1 is 1.22 bits per heavy atom. The molecular weight excluding hydrogens is 426 g/mol. The molecule has 2 aliphatic carbocycles. The van der Waals surface area contributed by atoms with E-state index in [9.17, 15) is 27.2 Å². The van der Waals surface area contributed by atoms with E-state index in [0.717, 1.165) is 6.92 Å². The molecule has 0 aliphatic heterocycles. The fraction of sp³-hybridized carbons (Fsp3) is 0.609. The Morgan fingerprint density at radius 3 is 2.53 bits per heavy atom. The molecule has 0 radical (unpaired) electrons. The summed E-state index contributed by atoms with van der Waals surface area (Å²) in [5, 5.41) is 0.0357. The normalized spacial score (nSPS) is 28.5. The Morgan fingerprint density at radius 2 is 1.91 bits per heavy atom. The average molecular weight is 453 g/mol. The number of alkyl halides is 4. The van der Waals surface area contributed by atoms with E-state index >= 15 is 0 Å². The standard InChI is InChI=1S/C23H27F4N3O2/c1-22(24,25)13-4-2-12(3-5-13)14-6-8-23(26,27)11-15(14)17-10-18(31)19-16(30-17)7-9-29-20(19)21(28)32/h7,9-10,12-15H,2-6,8,11H2,1H3,(H2,28,32)(H,30,31)/t12?,13?,14-,15+/m1/s1. The van der Waals surface area contributed by atoms with Crippen molar-refractivity contribution in [3.8, 4) is 0 Å². The predicted octanol–water partition coefficient (Wildman–Crippen LogP) is 5.00. The van der Waals surface area contributed by atoms with Gasteiger partial charge in [-0.2, -0.15) is 0 Å². The molecule has 2 aromatic rings. The molecule has 0 bridgehead atoms. The van der Waals surface area contributed by atoms with Crippen LogP contribution in [0.15, 0.2) is 23.1 Å². The Hall–Kier alpha value is -2.45. The van der Waals surface area contributed by atoms with Crippen LogP contribution in [0.1, 0.15) is 74.0 Å². The first-order valence-corrected chi connectivity index (χ1v) is 11.0. The van der Waals surface area contributed by atoms with Crippen LogP contribution in [-0.4, -0.2) is 27.7 Å². The quantitative estimate of drug-likeness (QED) is 0.639. The summed E-state index contributed by atoms with van der Waals surface area (Å²) in [5.41, 5.74) is 5.35. The molecule has 1 amide bonds. The van der Waals surface area contributed by atoms with Crippen molar-refractivity contribution >= 4 is 16.8 Å². The molecule has 32 heavy (non-hydrogen) atoms. The summed E-state index contributed by atoms with van der Waals surface area (Å²) < 4.78 is 56.3. The molecule has 3 N–H and O–H groups in total. The first kappa shape index (κ1) is 22.7. The highest BCUT2D eigenvalue weighted by molar-refractivity contribution is 6.03. The van der Waals surface area contributed by atoms with Crippen LogP contribution in [0.25, 0.3) is 10.9 Å². The van der Waals surface area contributed by atoms with E-state index in [-0.39, 0.29) is 35.8 Å². The van der Waals surface area contributed by atoms with Crippen LogP contribution < -0.4 is 11.2 Å². The number of aromatic nitrogens is 2. The van der Waals surface area contributed by atoms with Crippen LogP contribution >= 0.6 is 0 Å². The molecule has 2 aromatic heterocycles. The highest BCUT2D eigenvalue weighted by Gasteiger charge is 2.47. The summed E-state index contributed by atoms with van der Waals surface area (Å²) in [4.78, 5) is 31.4. The number of nitrogens with one attached hydrogen (secondary N) is 1. The van der Waals surface area contributed by atoms with Crippen LogP contribution in [0.4, 0.5) is 17.6 Å². The number of amides is 1. The molecule has 5 nitrogen and oxygen atoms in total. The Labute approximate surface area is 182 Å². The second kappa shape index (κ2) is 8.15. The molecule has 2 aliphatic rings. The SMILES string of the molecule is CC(F)(F)C1CCC([C@H]2CCC(F)(F)C[C@@H]2c2cc(=O)c3c(C(N)=O)nccc3[nH]2)CC1. The van der Waals surface area contributed by atoms with Crippen LogP contribution in [-0.2, 0) is 0 Å². The number of carbonyl (C=O) groups excluding carboxylic acids is 1. The van der Waals surface area contributed by atoms with Gasteiger partial charge in [0.05, 0.1) is 10.9 Å². The van der Waals surface area contributed by atoms with Gasteiger partial charge in [-0.3, -0.25) is 14.6 Å². The van der Waals surface area contributed by atoms with Crippen molar-refractivity contribution in [1.82, 2.24) is 9.97 Å². The van der Waals surface area contributed by atoms with E-state index in [1.807, 2.05) is 0 Å². The van der Waals surface area contributed by atoms with Crippen molar-refractivity contribution < 1.29 is 22.4 Å². The van der Waals surface area contributed by atoms with E-state index in [1.54, 1.807) is 0 Å². The van der Waals surface area contributed by atoms with Crippen LogP contribution in [0.3, 0.4) is 0 Å². The van der Waals surface area contributed by atoms with Gasteiger partial charge >= 0.3 is 0 Å². The third-order valence-corrected chi connectivity index (χ3v) is 7.37. The molecule has 4 rings (SSSR count). The van der Waals surface area contributed by atoms with E-state index in [0.29, 0.717) is 36.9 Å². The zero-order chi connectivity index (χ0) is 23.3. The first-order valence-electron chi connectivity index (χ1n) is 11.0. The maximum atomic E-state index is 14.4. The molecule has 2 atom stereocenters. The number of nitrogens with zero attached hydrogens (tertiary/aromatic N) is 1. The number of H-pyrrole nitrogens is 1. The van der Waals surface area contributed by atoms with E-state index in [1.165, 1.54) is 18.3 Å². The number of fused-ring (bicyclic) bond motifs is 1. The van der Waals surface area contributed by atoms with Crippen LogP contribution in [0, 0.1) is 17.8 Å². The summed E-state index contributed by atoms with van der Waals surface area (Å²) in [6.45, 7) is 0.941. The Balaban J connectivity index is 1.68. The lowest BCUT2D eigenvalue weighted by atomic mass is 9.64. The molecule has 2 heterocycles. The number of primary amides is 1. The van der Waals surface area contributed by atoms with Crippen LogP contribution in [0.5, 0.6) is 0 Å². The molecule has 9 heteroatoms. The lowest BCUT2D eigenvalue weighted by Gasteiger charge is -2.43. The van der Waals surface area contributed by atoms with Crippen molar-refractivity contribution in [2.45, 2.75) is 69.6 Å². The summed E-state index contributed by atoms with van der Waals surface area (Å²) >= 11 is 0. The van der Waals surface area contributed by atoms with Crippen molar-refractivity contribution in [1.29, 1.82) is 0 Å². The number of hydrogen-bond acceptors (Lipinski definition) is 3. The molecular formula is C23H27F4N3O2. The highest BCUT2D eigenvalue weighted by atomic mass is 19.3. The van der Waals surface area contributed by atoms with E-state index < -0.39 is 41.4 Å².